The molecule has 0 aromatic carbocycles. The highest BCUT2D eigenvalue weighted by Crippen LogP contribution is 1.94. The van der Waals surface area contributed by atoms with Crippen molar-refractivity contribution in [1.82, 2.24) is 0 Å². The molecule has 0 aliphatic carbocycles. The molecule has 0 aliphatic rings. The number of unbranched alkanes of at least 4 members (excludes halogenated alkanes) is 2. The Morgan fingerprint density at radius 1 is 1.00 bits per heavy atom. The van der Waals surface area contributed by atoms with E-state index in [1.165, 1.54) is 12.8 Å². The Morgan fingerprint density at radius 2 is 1.80 bits per heavy atom. The number of rotatable bonds is 4. The Balaban J connectivity index is 3.74. The molecule has 0 aliphatic heterocycles. The lowest BCUT2D eigenvalue weighted by molar-refractivity contribution is 0.815. The summed E-state index contributed by atoms with van der Waals surface area (Å²) in [5.74, 6) is 16.1. The fraction of sp³-hybridized carbons (Fsp3) is 0.333. The zero-order valence-corrected chi connectivity index (χ0v) is 9.43. The van der Waals surface area contributed by atoms with E-state index in [2.05, 4.69) is 48.5 Å². The SMILES string of the molecule is CC#CC#CC#C/C=C/C=C/CCCC. The molecule has 0 fully saturated rings. The van der Waals surface area contributed by atoms with Gasteiger partial charge in [-0.3, -0.25) is 0 Å². The molecule has 0 saturated carbocycles. The molecule has 0 saturated heterocycles. The first kappa shape index (κ1) is 13.2. The van der Waals surface area contributed by atoms with E-state index in [0.29, 0.717) is 0 Å². The largest absolute Gasteiger partial charge is 0.0925 e. The van der Waals surface area contributed by atoms with Crippen LogP contribution in [0.25, 0.3) is 0 Å². The highest BCUT2D eigenvalue weighted by molar-refractivity contribution is 5.37. The number of hydrogen-bond donors (Lipinski definition) is 0. The molecule has 0 heteroatoms. The minimum absolute atomic E-state index is 1.14. The molecule has 0 aromatic rings. The van der Waals surface area contributed by atoms with Gasteiger partial charge in [0, 0.05) is 0 Å². The van der Waals surface area contributed by atoms with E-state index in [-0.39, 0.29) is 0 Å². The van der Waals surface area contributed by atoms with Gasteiger partial charge in [0.25, 0.3) is 0 Å². The molecule has 0 N–H and O–H groups in total. The molecule has 0 rings (SSSR count). The van der Waals surface area contributed by atoms with Crippen LogP contribution in [0.2, 0.25) is 0 Å². The molecule has 0 bridgehead atoms. The van der Waals surface area contributed by atoms with E-state index in [0.717, 1.165) is 6.42 Å². The summed E-state index contributed by atoms with van der Waals surface area (Å²) in [5.41, 5.74) is 0. The van der Waals surface area contributed by atoms with Gasteiger partial charge in [-0.25, -0.2) is 0 Å². The lowest BCUT2D eigenvalue weighted by Gasteiger charge is -1.84. The second-order valence-corrected chi connectivity index (χ2v) is 2.82. The predicted molar refractivity (Wildman–Crippen MR) is 66.8 cm³/mol. The molecule has 0 radical (unpaired) electrons. The summed E-state index contributed by atoms with van der Waals surface area (Å²) >= 11 is 0. The van der Waals surface area contributed by atoms with Crippen LogP contribution in [-0.4, -0.2) is 0 Å². The van der Waals surface area contributed by atoms with Crippen LogP contribution in [0.4, 0.5) is 0 Å². The molecule has 0 atom stereocenters. The van der Waals surface area contributed by atoms with Crippen LogP contribution in [0.5, 0.6) is 0 Å². The van der Waals surface area contributed by atoms with E-state index in [4.69, 9.17) is 0 Å². The van der Waals surface area contributed by atoms with Gasteiger partial charge in [0.05, 0.1) is 0 Å². The van der Waals surface area contributed by atoms with Gasteiger partial charge in [-0.2, -0.15) is 0 Å². The molecule has 0 unspecified atom stereocenters. The first-order valence-electron chi connectivity index (χ1n) is 5.15. The van der Waals surface area contributed by atoms with Crippen molar-refractivity contribution in [3.63, 3.8) is 0 Å². The normalized spacial score (nSPS) is 8.67. The third kappa shape index (κ3) is 12.2. The molecule has 0 heterocycles. The molecular formula is C15H16. The van der Waals surface area contributed by atoms with Crippen LogP contribution in [0, 0.1) is 35.5 Å². The summed E-state index contributed by atoms with van der Waals surface area (Å²) in [6, 6.07) is 0. The standard InChI is InChI=1S/C15H16/c1-3-5-7-9-11-13-15-14-12-10-8-6-4-2/h9,11,13,15H,3,5,7H2,1-2H3/b11-9+,15-13+. The van der Waals surface area contributed by atoms with E-state index in [1.54, 1.807) is 13.0 Å². The average Bonchev–Trinajstić information content (AvgIpc) is 2.26. The Labute approximate surface area is 93.5 Å². The van der Waals surface area contributed by atoms with Crippen LogP contribution < -0.4 is 0 Å². The molecule has 0 aromatic heterocycles. The summed E-state index contributed by atoms with van der Waals surface area (Å²) in [7, 11) is 0. The van der Waals surface area contributed by atoms with Gasteiger partial charge in [0.1, 0.15) is 0 Å². The highest BCUT2D eigenvalue weighted by atomic mass is 13.8. The fourth-order valence-corrected chi connectivity index (χ4v) is 0.803. The maximum atomic E-state index is 2.81. The smallest absolute Gasteiger partial charge is 0.000709 e. The molecule has 0 amide bonds. The molecule has 0 spiro atoms. The van der Waals surface area contributed by atoms with Gasteiger partial charge in [0.2, 0.25) is 0 Å². The summed E-state index contributed by atoms with van der Waals surface area (Å²) in [5, 5.41) is 0. The molecule has 0 nitrogen and oxygen atoms in total. The maximum Gasteiger partial charge on any atom is -0.000709 e. The maximum absolute atomic E-state index is 2.81. The Hall–Kier alpha value is -1.84. The predicted octanol–water partition coefficient (Wildman–Crippen LogP) is 3.32. The summed E-state index contributed by atoms with van der Waals surface area (Å²) in [6.45, 7) is 3.94. The zero-order valence-electron chi connectivity index (χ0n) is 9.43. The first-order chi connectivity index (χ1) is 7.41. The van der Waals surface area contributed by atoms with Crippen LogP contribution in [0.3, 0.4) is 0 Å². The number of allylic oxidation sites excluding steroid dienone is 4. The van der Waals surface area contributed by atoms with Gasteiger partial charge in [-0.05, 0) is 43.1 Å². The average molecular weight is 196 g/mol. The minimum atomic E-state index is 1.14. The Bertz CT molecular complexity index is 375. The van der Waals surface area contributed by atoms with Gasteiger partial charge in [0.15, 0.2) is 0 Å². The van der Waals surface area contributed by atoms with E-state index in [1.807, 2.05) is 12.2 Å². The van der Waals surface area contributed by atoms with Crippen molar-refractivity contribution >= 4 is 0 Å². The third-order valence-corrected chi connectivity index (χ3v) is 1.54. The van der Waals surface area contributed by atoms with Crippen LogP contribution in [0.15, 0.2) is 24.3 Å². The van der Waals surface area contributed by atoms with Crippen LogP contribution in [-0.2, 0) is 0 Å². The fourth-order valence-electron chi connectivity index (χ4n) is 0.803. The third-order valence-electron chi connectivity index (χ3n) is 1.54. The number of hydrogen-bond acceptors (Lipinski definition) is 0. The lowest BCUT2D eigenvalue weighted by Crippen LogP contribution is -1.64. The van der Waals surface area contributed by atoms with Gasteiger partial charge in [-0.15, -0.1) is 0 Å². The lowest BCUT2D eigenvalue weighted by atomic mass is 10.2. The van der Waals surface area contributed by atoms with Crippen molar-refractivity contribution in [2.45, 2.75) is 33.1 Å². The van der Waals surface area contributed by atoms with Crippen molar-refractivity contribution in [3.05, 3.63) is 24.3 Å². The second kappa shape index (κ2) is 12.2. The molecular weight excluding hydrogens is 180 g/mol. The van der Waals surface area contributed by atoms with E-state index in [9.17, 15) is 0 Å². The highest BCUT2D eigenvalue weighted by Gasteiger charge is 1.74. The van der Waals surface area contributed by atoms with Gasteiger partial charge < -0.3 is 0 Å². The molecule has 15 heavy (non-hydrogen) atoms. The summed E-state index contributed by atoms with van der Waals surface area (Å²) < 4.78 is 0. The Morgan fingerprint density at radius 3 is 2.53 bits per heavy atom. The monoisotopic (exact) mass is 196 g/mol. The van der Waals surface area contributed by atoms with Crippen molar-refractivity contribution < 1.29 is 0 Å². The van der Waals surface area contributed by atoms with Crippen molar-refractivity contribution in [3.8, 4) is 35.5 Å². The molecule has 76 valence electrons. The van der Waals surface area contributed by atoms with Gasteiger partial charge >= 0.3 is 0 Å². The summed E-state index contributed by atoms with van der Waals surface area (Å²) in [4.78, 5) is 0. The van der Waals surface area contributed by atoms with Crippen LogP contribution in [0.1, 0.15) is 33.1 Å². The Kier molecular flexibility index (Phi) is 10.7. The quantitative estimate of drug-likeness (QED) is 0.367. The second-order valence-electron chi connectivity index (χ2n) is 2.82. The van der Waals surface area contributed by atoms with Crippen molar-refractivity contribution in [1.29, 1.82) is 0 Å². The van der Waals surface area contributed by atoms with Crippen molar-refractivity contribution in [2.24, 2.45) is 0 Å². The first-order valence-corrected chi connectivity index (χ1v) is 5.15. The topological polar surface area (TPSA) is 0 Å². The van der Waals surface area contributed by atoms with Crippen molar-refractivity contribution in [2.75, 3.05) is 0 Å². The van der Waals surface area contributed by atoms with E-state index >= 15 is 0 Å². The van der Waals surface area contributed by atoms with Crippen LogP contribution >= 0.6 is 0 Å². The van der Waals surface area contributed by atoms with Gasteiger partial charge in [-0.1, -0.05) is 49.8 Å². The minimum Gasteiger partial charge on any atom is -0.0925 e. The zero-order chi connectivity index (χ0) is 11.2. The van der Waals surface area contributed by atoms with E-state index < -0.39 is 0 Å². The summed E-state index contributed by atoms with van der Waals surface area (Å²) in [6.07, 6.45) is 11.5.